The summed E-state index contributed by atoms with van der Waals surface area (Å²) in [4.78, 5) is 28.0. The van der Waals surface area contributed by atoms with Crippen LogP contribution in [-0.4, -0.2) is 41.2 Å². The first kappa shape index (κ1) is 20.8. The van der Waals surface area contributed by atoms with Gasteiger partial charge in [0.05, 0.1) is 25.2 Å². The number of aliphatic carboxylic acids is 1. The summed E-state index contributed by atoms with van der Waals surface area (Å²) in [5.41, 5.74) is 1.82. The number of hydrogen-bond acceptors (Lipinski definition) is 7. The van der Waals surface area contributed by atoms with Crippen molar-refractivity contribution < 1.29 is 24.2 Å². The van der Waals surface area contributed by atoms with Gasteiger partial charge in [0.15, 0.2) is 5.17 Å². The third-order valence-electron chi connectivity index (χ3n) is 3.78. The van der Waals surface area contributed by atoms with E-state index in [2.05, 4.69) is 10.3 Å². The lowest BCUT2D eigenvalue weighted by Gasteiger charge is -2.26. The molecule has 1 aliphatic heterocycles. The average Bonchev–Trinajstić information content (AvgIpc) is 2.62. The van der Waals surface area contributed by atoms with Gasteiger partial charge in [0.1, 0.15) is 11.8 Å². The maximum Gasteiger partial charge on any atom is 0.338 e. The van der Waals surface area contributed by atoms with Crippen LogP contribution < -0.4 is 10.1 Å². The molecular formula is C19H24N2O5S. The van der Waals surface area contributed by atoms with Crippen molar-refractivity contribution in [3.63, 3.8) is 0 Å². The standard InChI is InChI=1S/C19H24N2O5S/c1-4-25-14-9-7-6-8-13(14)17-16(18(24)26-5-2)12(3)20-19(21-17)27-11-10-15(22)23/h6-9,17H,4-5,10-11H2,1-3H3,(H,20,21)(H,22,23)/t17-/m0/s1. The van der Waals surface area contributed by atoms with E-state index in [1.165, 1.54) is 11.8 Å². The summed E-state index contributed by atoms with van der Waals surface area (Å²) < 4.78 is 10.9. The van der Waals surface area contributed by atoms with Gasteiger partial charge in [-0.15, -0.1) is 0 Å². The minimum atomic E-state index is -0.864. The van der Waals surface area contributed by atoms with Crippen LogP contribution in [0.25, 0.3) is 0 Å². The monoisotopic (exact) mass is 392 g/mol. The van der Waals surface area contributed by atoms with Crippen LogP contribution in [0.15, 0.2) is 40.5 Å². The number of rotatable bonds is 8. The van der Waals surface area contributed by atoms with Gasteiger partial charge in [0, 0.05) is 17.0 Å². The second-order valence-corrected chi connectivity index (χ2v) is 6.77. The third-order valence-corrected chi connectivity index (χ3v) is 4.67. The van der Waals surface area contributed by atoms with Crippen LogP contribution in [0.5, 0.6) is 5.75 Å². The largest absolute Gasteiger partial charge is 0.494 e. The molecule has 0 bridgehead atoms. The zero-order valence-corrected chi connectivity index (χ0v) is 16.5. The van der Waals surface area contributed by atoms with E-state index in [0.717, 1.165) is 5.56 Å². The number of para-hydroxylation sites is 1. The van der Waals surface area contributed by atoms with E-state index in [4.69, 9.17) is 14.6 Å². The summed E-state index contributed by atoms with van der Waals surface area (Å²) >= 11 is 1.31. The number of carbonyl (C=O) groups excluding carboxylic acids is 1. The number of aliphatic imine (C=N–C) groups is 1. The number of allylic oxidation sites excluding steroid dienone is 1. The number of hydrogen-bond donors (Lipinski definition) is 2. The Kier molecular flexibility index (Phi) is 7.72. The first-order valence-corrected chi connectivity index (χ1v) is 9.75. The predicted molar refractivity (Wildman–Crippen MR) is 105 cm³/mol. The van der Waals surface area contributed by atoms with Gasteiger partial charge in [-0.1, -0.05) is 30.0 Å². The smallest absolute Gasteiger partial charge is 0.338 e. The number of amidine groups is 1. The van der Waals surface area contributed by atoms with Gasteiger partial charge in [-0.05, 0) is 26.8 Å². The molecule has 0 amide bonds. The average molecular weight is 392 g/mol. The number of nitrogens with one attached hydrogen (secondary N) is 1. The van der Waals surface area contributed by atoms with Gasteiger partial charge in [-0.3, -0.25) is 4.79 Å². The molecule has 0 unspecified atom stereocenters. The highest BCUT2D eigenvalue weighted by atomic mass is 32.2. The van der Waals surface area contributed by atoms with Gasteiger partial charge < -0.3 is 19.9 Å². The van der Waals surface area contributed by atoms with Crippen molar-refractivity contribution in [1.82, 2.24) is 5.32 Å². The van der Waals surface area contributed by atoms with Crippen LogP contribution in [0.2, 0.25) is 0 Å². The molecule has 0 aliphatic carbocycles. The summed E-state index contributed by atoms with van der Waals surface area (Å²) in [7, 11) is 0. The fourth-order valence-corrected chi connectivity index (χ4v) is 3.52. The maximum atomic E-state index is 12.6. The van der Waals surface area contributed by atoms with E-state index < -0.39 is 18.0 Å². The Hall–Kier alpha value is -2.48. The highest BCUT2D eigenvalue weighted by molar-refractivity contribution is 8.13. The molecule has 146 valence electrons. The molecule has 7 nitrogen and oxygen atoms in total. The summed E-state index contributed by atoms with van der Waals surface area (Å²) in [6.07, 6.45) is 0.0268. The number of esters is 1. The van der Waals surface area contributed by atoms with Crippen molar-refractivity contribution in [3.05, 3.63) is 41.1 Å². The van der Waals surface area contributed by atoms with E-state index in [9.17, 15) is 9.59 Å². The molecule has 1 aromatic rings. The van der Waals surface area contributed by atoms with Crippen LogP contribution >= 0.6 is 11.8 Å². The zero-order chi connectivity index (χ0) is 19.8. The third kappa shape index (κ3) is 5.50. The van der Waals surface area contributed by atoms with Crippen molar-refractivity contribution in [3.8, 4) is 5.75 Å². The molecule has 0 saturated heterocycles. The molecule has 1 atom stereocenters. The maximum absolute atomic E-state index is 12.6. The number of carboxylic acids is 1. The number of benzene rings is 1. The van der Waals surface area contributed by atoms with Crippen molar-refractivity contribution >= 4 is 28.9 Å². The van der Waals surface area contributed by atoms with Crippen molar-refractivity contribution in [2.45, 2.75) is 33.2 Å². The highest BCUT2D eigenvalue weighted by Gasteiger charge is 2.32. The molecule has 0 saturated carbocycles. The molecule has 27 heavy (non-hydrogen) atoms. The Morgan fingerprint density at radius 3 is 2.67 bits per heavy atom. The van der Waals surface area contributed by atoms with E-state index in [1.54, 1.807) is 13.8 Å². The highest BCUT2D eigenvalue weighted by Crippen LogP contribution is 2.37. The molecule has 2 rings (SSSR count). The van der Waals surface area contributed by atoms with Gasteiger partial charge >= 0.3 is 11.9 Å². The molecular weight excluding hydrogens is 368 g/mol. The topological polar surface area (TPSA) is 97.2 Å². The summed E-state index contributed by atoms with van der Waals surface area (Å²) in [6.45, 7) is 6.18. The van der Waals surface area contributed by atoms with Gasteiger partial charge in [-0.2, -0.15) is 0 Å². The Morgan fingerprint density at radius 2 is 2.00 bits per heavy atom. The molecule has 2 N–H and O–H groups in total. The quantitative estimate of drug-likeness (QED) is 0.656. The van der Waals surface area contributed by atoms with E-state index in [0.29, 0.717) is 34.5 Å². The Balaban J connectivity index is 2.40. The van der Waals surface area contributed by atoms with Crippen LogP contribution in [-0.2, 0) is 14.3 Å². The summed E-state index contributed by atoms with van der Waals surface area (Å²) in [6, 6.07) is 6.86. The molecule has 1 aromatic carbocycles. The Labute approximate surface area is 162 Å². The van der Waals surface area contributed by atoms with Crippen molar-refractivity contribution in [2.75, 3.05) is 19.0 Å². The molecule has 8 heteroatoms. The van der Waals surface area contributed by atoms with Crippen molar-refractivity contribution in [2.24, 2.45) is 4.99 Å². The van der Waals surface area contributed by atoms with Gasteiger partial charge in [0.2, 0.25) is 0 Å². The fourth-order valence-electron chi connectivity index (χ4n) is 2.65. The SMILES string of the molecule is CCOC(=O)C1=C(C)NC(SCCC(=O)O)=N[C@H]1c1ccccc1OCC. The normalized spacial score (nSPS) is 16.4. The number of carboxylic acid groups (broad SMARTS) is 1. The van der Waals surface area contributed by atoms with E-state index in [1.807, 2.05) is 31.2 Å². The molecule has 0 spiro atoms. The van der Waals surface area contributed by atoms with E-state index >= 15 is 0 Å². The summed E-state index contributed by atoms with van der Waals surface area (Å²) in [5.74, 6) is -0.267. The van der Waals surface area contributed by atoms with Crippen molar-refractivity contribution in [1.29, 1.82) is 0 Å². The van der Waals surface area contributed by atoms with Crippen LogP contribution in [0.1, 0.15) is 38.8 Å². The number of ether oxygens (including phenoxy) is 2. The second kappa shape index (κ2) is 10.0. The van der Waals surface area contributed by atoms with Gasteiger partial charge in [-0.25, -0.2) is 9.79 Å². The molecule has 1 aliphatic rings. The van der Waals surface area contributed by atoms with Crippen LogP contribution in [0.4, 0.5) is 0 Å². The number of carbonyl (C=O) groups is 2. The Bertz CT molecular complexity index is 760. The van der Waals surface area contributed by atoms with Crippen LogP contribution in [0.3, 0.4) is 0 Å². The van der Waals surface area contributed by atoms with Crippen LogP contribution in [0, 0.1) is 0 Å². The number of thioether (sulfide) groups is 1. The molecule has 1 heterocycles. The second-order valence-electron chi connectivity index (χ2n) is 5.68. The fraction of sp³-hybridized carbons (Fsp3) is 0.421. The number of nitrogens with zero attached hydrogens (tertiary/aromatic N) is 1. The minimum Gasteiger partial charge on any atom is -0.494 e. The first-order valence-electron chi connectivity index (χ1n) is 8.76. The van der Waals surface area contributed by atoms with Gasteiger partial charge in [0.25, 0.3) is 0 Å². The lowest BCUT2D eigenvalue weighted by atomic mass is 9.96. The molecule has 0 aromatic heterocycles. The summed E-state index contributed by atoms with van der Waals surface area (Å²) in [5, 5.41) is 12.5. The predicted octanol–water partition coefficient (Wildman–Crippen LogP) is 3.13. The minimum absolute atomic E-state index is 0.0268. The molecule has 0 fully saturated rings. The lowest BCUT2D eigenvalue weighted by Crippen LogP contribution is -2.31. The van der Waals surface area contributed by atoms with E-state index in [-0.39, 0.29) is 13.0 Å². The zero-order valence-electron chi connectivity index (χ0n) is 15.7. The molecule has 0 radical (unpaired) electrons. The Morgan fingerprint density at radius 1 is 1.26 bits per heavy atom. The first-order chi connectivity index (χ1) is 13.0. The lowest BCUT2D eigenvalue weighted by molar-refractivity contribution is -0.139.